The predicted octanol–water partition coefficient (Wildman–Crippen LogP) is 6.13. The molecule has 2 aromatic heterocycles. The van der Waals surface area contributed by atoms with Crippen LogP contribution in [0.4, 0.5) is 11.5 Å². The van der Waals surface area contributed by atoms with Gasteiger partial charge in [-0.2, -0.15) is 0 Å². The van der Waals surface area contributed by atoms with Gasteiger partial charge in [0.05, 0.1) is 17.6 Å². The van der Waals surface area contributed by atoms with E-state index < -0.39 is 5.97 Å². The van der Waals surface area contributed by atoms with E-state index in [1.54, 1.807) is 4.57 Å². The van der Waals surface area contributed by atoms with Crippen LogP contribution in [0.1, 0.15) is 63.2 Å². The zero-order chi connectivity index (χ0) is 24.8. The average Bonchev–Trinajstić information content (AvgIpc) is 3.16. The number of hydrogen-bond acceptors (Lipinski definition) is 6. The van der Waals surface area contributed by atoms with Gasteiger partial charge in [-0.05, 0) is 56.7 Å². The molecule has 4 rings (SSSR count). The molecule has 0 amide bonds. The quantitative estimate of drug-likeness (QED) is 0.208. The molecule has 0 aliphatic heterocycles. The lowest BCUT2D eigenvalue weighted by molar-refractivity contribution is 0.0501. The number of para-hydroxylation sites is 2. The molecule has 0 saturated carbocycles. The second kappa shape index (κ2) is 11.2. The molecule has 35 heavy (non-hydrogen) atoms. The predicted molar refractivity (Wildman–Crippen MR) is 143 cm³/mol. The van der Waals surface area contributed by atoms with Gasteiger partial charge in [0.15, 0.2) is 5.65 Å². The van der Waals surface area contributed by atoms with Crippen molar-refractivity contribution in [2.24, 2.45) is 0 Å². The zero-order valence-electron chi connectivity index (χ0n) is 21.0. The summed E-state index contributed by atoms with van der Waals surface area (Å²) in [6.07, 6.45) is 5.41. The van der Waals surface area contributed by atoms with E-state index in [2.05, 4.69) is 37.8 Å². The van der Waals surface area contributed by atoms with Crippen molar-refractivity contribution in [3.05, 3.63) is 54.1 Å². The summed E-state index contributed by atoms with van der Waals surface area (Å²) in [5.41, 5.74) is 11.3. The van der Waals surface area contributed by atoms with E-state index in [0.717, 1.165) is 49.2 Å². The number of unbranched alkanes of at least 4 members (excludes halogenated alkanes) is 4. The summed E-state index contributed by atoms with van der Waals surface area (Å²) in [4.78, 5) is 25.1. The number of carbonyl (C=O) groups excluding carboxylic acids is 1. The summed E-state index contributed by atoms with van der Waals surface area (Å²) in [7, 11) is 0. The van der Waals surface area contributed by atoms with Crippen molar-refractivity contribution < 1.29 is 9.53 Å². The number of ether oxygens (including phenoxy) is 1. The molecule has 2 aromatic carbocycles. The molecule has 0 aliphatic carbocycles. The number of nitrogen functional groups attached to an aromatic ring is 1. The third kappa shape index (κ3) is 5.09. The van der Waals surface area contributed by atoms with Crippen LogP contribution >= 0.6 is 0 Å². The Labute approximate surface area is 206 Å². The second-order valence-electron chi connectivity index (χ2n) is 8.72. The average molecular weight is 474 g/mol. The Balaban J connectivity index is 1.74. The van der Waals surface area contributed by atoms with Crippen LogP contribution in [0.2, 0.25) is 0 Å². The number of nitrogens with two attached hydrogens (primary N) is 1. The van der Waals surface area contributed by atoms with Crippen molar-refractivity contribution in [2.75, 3.05) is 30.3 Å². The third-order valence-corrected chi connectivity index (χ3v) is 6.42. The number of anilines is 2. The normalized spacial score (nSPS) is 11.3. The van der Waals surface area contributed by atoms with Gasteiger partial charge in [-0.1, -0.05) is 44.7 Å². The van der Waals surface area contributed by atoms with E-state index in [9.17, 15) is 4.79 Å². The minimum Gasteiger partial charge on any atom is -0.462 e. The fraction of sp³-hybridized carbons (Fsp3) is 0.393. The Morgan fingerprint density at radius 3 is 2.23 bits per heavy atom. The maximum atomic E-state index is 13.2. The van der Waals surface area contributed by atoms with Gasteiger partial charge >= 0.3 is 5.97 Å². The Kier molecular flexibility index (Phi) is 7.85. The lowest BCUT2D eigenvalue weighted by Crippen LogP contribution is -2.21. The Hall–Kier alpha value is -3.61. The summed E-state index contributed by atoms with van der Waals surface area (Å²) < 4.78 is 7.44. The molecule has 7 heteroatoms. The first-order valence-electron chi connectivity index (χ1n) is 12.7. The number of esters is 1. The van der Waals surface area contributed by atoms with E-state index in [0.29, 0.717) is 29.1 Å². The molecule has 184 valence electrons. The van der Waals surface area contributed by atoms with Crippen LogP contribution in [0.15, 0.2) is 48.5 Å². The van der Waals surface area contributed by atoms with E-state index in [-0.39, 0.29) is 5.56 Å². The third-order valence-electron chi connectivity index (χ3n) is 6.42. The van der Waals surface area contributed by atoms with Gasteiger partial charge in [0.2, 0.25) is 0 Å². The van der Waals surface area contributed by atoms with Crippen molar-refractivity contribution in [3.8, 4) is 5.69 Å². The molecule has 2 heterocycles. The molecular weight excluding hydrogens is 438 g/mol. The van der Waals surface area contributed by atoms with E-state index >= 15 is 0 Å². The number of carbonyl (C=O) groups is 1. The second-order valence-corrected chi connectivity index (χ2v) is 8.72. The Bertz CT molecular complexity index is 1290. The molecule has 7 nitrogen and oxygen atoms in total. The zero-order valence-corrected chi connectivity index (χ0v) is 21.0. The molecule has 2 N–H and O–H groups in total. The smallest absolute Gasteiger partial charge is 0.344 e. The monoisotopic (exact) mass is 473 g/mol. The first-order chi connectivity index (χ1) is 17.1. The fourth-order valence-corrected chi connectivity index (χ4v) is 4.47. The largest absolute Gasteiger partial charge is 0.462 e. The molecule has 0 spiro atoms. The van der Waals surface area contributed by atoms with Crippen molar-refractivity contribution >= 4 is 39.7 Å². The molecule has 0 atom stereocenters. The van der Waals surface area contributed by atoms with Crippen molar-refractivity contribution in [1.29, 1.82) is 0 Å². The number of benzene rings is 2. The molecule has 0 bridgehead atoms. The maximum Gasteiger partial charge on any atom is 0.344 e. The summed E-state index contributed by atoms with van der Waals surface area (Å²) in [6.45, 7) is 8.68. The fourth-order valence-electron chi connectivity index (χ4n) is 4.47. The maximum absolute atomic E-state index is 13.2. The minimum absolute atomic E-state index is 0.277. The van der Waals surface area contributed by atoms with E-state index in [1.165, 1.54) is 12.8 Å². The lowest BCUT2D eigenvalue weighted by Gasteiger charge is -2.21. The van der Waals surface area contributed by atoms with Gasteiger partial charge in [0, 0.05) is 24.5 Å². The van der Waals surface area contributed by atoms with Crippen molar-refractivity contribution in [1.82, 2.24) is 14.5 Å². The van der Waals surface area contributed by atoms with Gasteiger partial charge in [-0.25, -0.2) is 14.8 Å². The Morgan fingerprint density at radius 2 is 1.57 bits per heavy atom. The SMILES string of the molecule is CCCCCCCOC(=O)c1c(N)n(-c2ccc(N(CC)CC)cc2)c2nc3ccccc3nc12. The van der Waals surface area contributed by atoms with E-state index in [4.69, 9.17) is 20.4 Å². The lowest BCUT2D eigenvalue weighted by atomic mass is 10.2. The van der Waals surface area contributed by atoms with Crippen LogP contribution in [-0.2, 0) is 4.74 Å². The molecule has 0 fully saturated rings. The number of rotatable bonds is 11. The molecule has 0 saturated heterocycles. The standard InChI is InChI=1S/C28H35N5O2/c1-4-7-8-9-12-19-35-28(34)24-25-27(31-23-14-11-10-13-22(23)30-25)33(26(24)29)21-17-15-20(16-18-21)32(5-2)6-3/h10-11,13-18H,4-9,12,19,29H2,1-3H3. The van der Waals surface area contributed by atoms with Gasteiger partial charge in [-0.3, -0.25) is 4.57 Å². The first kappa shape index (κ1) is 24.5. The molecule has 0 unspecified atom stereocenters. The van der Waals surface area contributed by atoms with Gasteiger partial charge < -0.3 is 15.4 Å². The number of nitrogens with zero attached hydrogens (tertiary/aromatic N) is 4. The number of fused-ring (bicyclic) bond motifs is 2. The highest BCUT2D eigenvalue weighted by molar-refractivity contribution is 6.09. The van der Waals surface area contributed by atoms with Crippen LogP contribution in [0, 0.1) is 0 Å². The van der Waals surface area contributed by atoms with Crippen LogP contribution in [-0.4, -0.2) is 40.2 Å². The molecule has 0 radical (unpaired) electrons. The first-order valence-corrected chi connectivity index (χ1v) is 12.7. The molecular formula is C28H35N5O2. The highest BCUT2D eigenvalue weighted by Gasteiger charge is 2.26. The summed E-state index contributed by atoms with van der Waals surface area (Å²) in [6, 6.07) is 15.8. The van der Waals surface area contributed by atoms with Crippen molar-refractivity contribution in [3.63, 3.8) is 0 Å². The highest BCUT2D eigenvalue weighted by atomic mass is 16.5. The Morgan fingerprint density at radius 1 is 0.914 bits per heavy atom. The van der Waals surface area contributed by atoms with Gasteiger partial charge in [0.1, 0.15) is 16.9 Å². The van der Waals surface area contributed by atoms with Crippen LogP contribution in [0.5, 0.6) is 0 Å². The van der Waals surface area contributed by atoms with Crippen molar-refractivity contribution in [2.45, 2.75) is 52.9 Å². The van der Waals surface area contributed by atoms with Crippen LogP contribution < -0.4 is 10.6 Å². The van der Waals surface area contributed by atoms with E-state index in [1.807, 2.05) is 36.4 Å². The highest BCUT2D eigenvalue weighted by Crippen LogP contribution is 2.32. The summed E-state index contributed by atoms with van der Waals surface area (Å²) in [5.74, 6) is -0.159. The number of hydrogen-bond donors (Lipinski definition) is 1. The summed E-state index contributed by atoms with van der Waals surface area (Å²) in [5, 5.41) is 0. The topological polar surface area (TPSA) is 86.3 Å². The summed E-state index contributed by atoms with van der Waals surface area (Å²) >= 11 is 0. The van der Waals surface area contributed by atoms with Crippen LogP contribution in [0.25, 0.3) is 27.9 Å². The van der Waals surface area contributed by atoms with Crippen LogP contribution in [0.3, 0.4) is 0 Å². The molecule has 4 aromatic rings. The number of aromatic nitrogens is 3. The molecule has 0 aliphatic rings. The van der Waals surface area contributed by atoms with Gasteiger partial charge in [-0.15, -0.1) is 0 Å². The minimum atomic E-state index is -0.453. The van der Waals surface area contributed by atoms with Gasteiger partial charge in [0.25, 0.3) is 0 Å².